The van der Waals surface area contributed by atoms with Crippen LogP contribution in [-0.4, -0.2) is 30.5 Å². The predicted octanol–water partition coefficient (Wildman–Crippen LogP) is 2.95. The van der Waals surface area contributed by atoms with Crippen LogP contribution < -0.4 is 9.80 Å². The van der Waals surface area contributed by atoms with Gasteiger partial charge in [0.1, 0.15) is 0 Å². The van der Waals surface area contributed by atoms with Crippen LogP contribution in [0.4, 0.5) is 10.8 Å². The van der Waals surface area contributed by atoms with Gasteiger partial charge >= 0.3 is 0 Å². The van der Waals surface area contributed by atoms with Gasteiger partial charge in [0, 0.05) is 42.8 Å². The zero-order chi connectivity index (χ0) is 14.9. The highest BCUT2D eigenvalue weighted by Crippen LogP contribution is 2.32. The minimum atomic E-state index is 0.155. The van der Waals surface area contributed by atoms with Crippen LogP contribution in [0, 0.1) is 5.92 Å². The zero-order valence-corrected chi connectivity index (χ0v) is 13.3. The molecule has 0 aliphatic carbocycles. The fraction of sp³-hybridized carbons (Fsp3) is 0.412. The summed E-state index contributed by atoms with van der Waals surface area (Å²) in [7, 11) is 0. The number of piperidine rings is 1. The van der Waals surface area contributed by atoms with Crippen LogP contribution in [0.2, 0.25) is 0 Å². The number of aromatic nitrogens is 1. The number of amides is 1. The molecule has 0 saturated carbocycles. The highest BCUT2D eigenvalue weighted by molar-refractivity contribution is 7.13. The Balaban J connectivity index is 1.43. The number of carbonyl (C=O) groups excluding carboxylic acids is 1. The molecule has 0 unspecified atom stereocenters. The maximum absolute atomic E-state index is 12.9. The molecule has 0 spiro atoms. The van der Waals surface area contributed by atoms with Gasteiger partial charge in [-0.05, 0) is 30.9 Å². The van der Waals surface area contributed by atoms with E-state index >= 15 is 0 Å². The Labute approximate surface area is 134 Å². The second-order valence-electron chi connectivity index (χ2n) is 5.94. The summed E-state index contributed by atoms with van der Waals surface area (Å²) in [4.78, 5) is 21.5. The van der Waals surface area contributed by atoms with E-state index < -0.39 is 0 Å². The summed E-state index contributed by atoms with van der Waals surface area (Å²) < 4.78 is 0. The van der Waals surface area contributed by atoms with Crippen LogP contribution in [0.15, 0.2) is 35.8 Å². The van der Waals surface area contributed by atoms with E-state index in [-0.39, 0.29) is 5.92 Å². The molecule has 3 heterocycles. The molecule has 2 aliphatic rings. The molecule has 114 valence electrons. The minimum absolute atomic E-state index is 0.155. The van der Waals surface area contributed by atoms with Gasteiger partial charge < -0.3 is 9.80 Å². The summed E-state index contributed by atoms with van der Waals surface area (Å²) >= 11 is 1.67. The first kappa shape index (κ1) is 13.8. The second kappa shape index (κ2) is 5.72. The van der Waals surface area contributed by atoms with Gasteiger partial charge in [0.05, 0.1) is 0 Å². The molecule has 1 fully saturated rings. The van der Waals surface area contributed by atoms with E-state index in [9.17, 15) is 4.79 Å². The first-order valence-electron chi connectivity index (χ1n) is 7.86. The van der Waals surface area contributed by atoms with Crippen molar-refractivity contribution in [1.82, 2.24) is 4.98 Å². The summed E-state index contributed by atoms with van der Waals surface area (Å²) in [5, 5.41) is 3.09. The van der Waals surface area contributed by atoms with E-state index in [1.807, 2.05) is 22.5 Å². The van der Waals surface area contributed by atoms with Gasteiger partial charge in [-0.25, -0.2) is 4.98 Å². The number of benzene rings is 1. The van der Waals surface area contributed by atoms with Crippen molar-refractivity contribution in [2.24, 2.45) is 5.92 Å². The number of carbonyl (C=O) groups is 1. The summed E-state index contributed by atoms with van der Waals surface area (Å²) in [6.45, 7) is 2.70. The van der Waals surface area contributed by atoms with Gasteiger partial charge in [-0.2, -0.15) is 0 Å². The normalized spacial score (nSPS) is 18.5. The molecule has 1 amide bonds. The van der Waals surface area contributed by atoms with Crippen LogP contribution in [-0.2, 0) is 11.2 Å². The number of thiazole rings is 1. The molecule has 1 aromatic carbocycles. The van der Waals surface area contributed by atoms with Crippen molar-refractivity contribution in [3.63, 3.8) is 0 Å². The lowest BCUT2D eigenvalue weighted by Crippen LogP contribution is -2.42. The van der Waals surface area contributed by atoms with Gasteiger partial charge in [0.25, 0.3) is 0 Å². The quantitative estimate of drug-likeness (QED) is 0.855. The Hall–Kier alpha value is -1.88. The van der Waals surface area contributed by atoms with E-state index in [0.717, 1.165) is 49.7 Å². The zero-order valence-electron chi connectivity index (χ0n) is 12.4. The van der Waals surface area contributed by atoms with Crippen molar-refractivity contribution < 1.29 is 4.79 Å². The van der Waals surface area contributed by atoms with Crippen LogP contribution in [0.5, 0.6) is 0 Å². The Morgan fingerprint density at radius 2 is 2.00 bits per heavy atom. The number of hydrogen-bond acceptors (Lipinski definition) is 4. The van der Waals surface area contributed by atoms with E-state index in [2.05, 4.69) is 28.1 Å². The fourth-order valence-electron chi connectivity index (χ4n) is 3.48. The van der Waals surface area contributed by atoms with E-state index in [1.165, 1.54) is 5.56 Å². The van der Waals surface area contributed by atoms with Crippen LogP contribution in [0.25, 0.3) is 0 Å². The third kappa shape index (κ3) is 2.39. The van der Waals surface area contributed by atoms with E-state index in [1.54, 1.807) is 11.3 Å². The predicted molar refractivity (Wildman–Crippen MR) is 89.6 cm³/mol. The van der Waals surface area contributed by atoms with Gasteiger partial charge in [-0.1, -0.05) is 18.2 Å². The van der Waals surface area contributed by atoms with Crippen LogP contribution in [0.3, 0.4) is 0 Å². The average Bonchev–Trinajstić information content (AvgIpc) is 3.24. The summed E-state index contributed by atoms with van der Waals surface area (Å²) in [6.07, 6.45) is 4.69. The number of para-hydroxylation sites is 1. The number of hydrogen-bond donors (Lipinski definition) is 0. The molecule has 1 aromatic heterocycles. The standard InChI is InChI=1S/C17H19N3OS/c21-16(20-11-7-13-3-1-2-4-15(13)20)14-5-9-19(10-6-14)17-18-8-12-22-17/h1-4,8,12,14H,5-7,9-11H2. The number of fused-ring (bicyclic) bond motifs is 1. The lowest BCUT2D eigenvalue weighted by atomic mass is 9.95. The molecular weight excluding hydrogens is 294 g/mol. The topological polar surface area (TPSA) is 36.4 Å². The Morgan fingerprint density at radius 3 is 2.77 bits per heavy atom. The molecule has 5 heteroatoms. The van der Waals surface area contributed by atoms with Crippen molar-refractivity contribution in [1.29, 1.82) is 0 Å². The largest absolute Gasteiger partial charge is 0.348 e. The van der Waals surface area contributed by atoms with Crippen LogP contribution in [0.1, 0.15) is 18.4 Å². The molecular formula is C17H19N3OS. The number of rotatable bonds is 2. The summed E-state index contributed by atoms with van der Waals surface area (Å²) in [5.74, 6) is 0.464. The molecule has 2 aliphatic heterocycles. The summed E-state index contributed by atoms with van der Waals surface area (Å²) in [5.41, 5.74) is 2.42. The van der Waals surface area contributed by atoms with Gasteiger partial charge in [-0.15, -0.1) is 11.3 Å². The lowest BCUT2D eigenvalue weighted by Gasteiger charge is -2.33. The maximum atomic E-state index is 12.9. The molecule has 0 bridgehead atoms. The average molecular weight is 313 g/mol. The van der Waals surface area contributed by atoms with Gasteiger partial charge in [0.15, 0.2) is 5.13 Å². The molecule has 1 saturated heterocycles. The van der Waals surface area contributed by atoms with Crippen LogP contribution >= 0.6 is 11.3 Å². The van der Waals surface area contributed by atoms with Crippen molar-refractivity contribution in [2.45, 2.75) is 19.3 Å². The highest BCUT2D eigenvalue weighted by atomic mass is 32.1. The monoisotopic (exact) mass is 313 g/mol. The third-order valence-corrected chi connectivity index (χ3v) is 5.52. The molecule has 4 nitrogen and oxygen atoms in total. The van der Waals surface area contributed by atoms with Crippen molar-refractivity contribution in [2.75, 3.05) is 29.4 Å². The molecule has 4 rings (SSSR count). The smallest absolute Gasteiger partial charge is 0.230 e. The Morgan fingerprint density at radius 1 is 1.18 bits per heavy atom. The number of nitrogens with zero attached hydrogens (tertiary/aromatic N) is 3. The van der Waals surface area contributed by atoms with Crippen molar-refractivity contribution in [3.05, 3.63) is 41.4 Å². The van der Waals surface area contributed by atoms with Crippen molar-refractivity contribution >= 4 is 28.1 Å². The molecule has 0 atom stereocenters. The third-order valence-electron chi connectivity index (χ3n) is 4.69. The van der Waals surface area contributed by atoms with Crippen molar-refractivity contribution in [3.8, 4) is 0 Å². The van der Waals surface area contributed by atoms with Gasteiger partial charge in [-0.3, -0.25) is 4.79 Å². The molecule has 0 radical (unpaired) electrons. The highest BCUT2D eigenvalue weighted by Gasteiger charge is 2.32. The van der Waals surface area contributed by atoms with E-state index in [0.29, 0.717) is 5.91 Å². The number of anilines is 2. The SMILES string of the molecule is O=C(C1CCN(c2nccs2)CC1)N1CCc2ccccc21. The maximum Gasteiger partial charge on any atom is 0.230 e. The van der Waals surface area contributed by atoms with E-state index in [4.69, 9.17) is 0 Å². The molecule has 2 aromatic rings. The van der Waals surface area contributed by atoms with Gasteiger partial charge in [0.2, 0.25) is 5.91 Å². The minimum Gasteiger partial charge on any atom is -0.348 e. The Bertz CT molecular complexity index is 662. The molecule has 22 heavy (non-hydrogen) atoms. The lowest BCUT2D eigenvalue weighted by molar-refractivity contribution is -0.122. The first-order valence-corrected chi connectivity index (χ1v) is 8.74. The Kier molecular flexibility index (Phi) is 3.58. The second-order valence-corrected chi connectivity index (χ2v) is 6.82. The summed E-state index contributed by atoms with van der Waals surface area (Å²) in [6, 6.07) is 8.29. The fourth-order valence-corrected chi connectivity index (χ4v) is 4.17. The molecule has 0 N–H and O–H groups in total. The first-order chi connectivity index (χ1) is 10.8.